The van der Waals surface area contributed by atoms with Crippen LogP contribution in [0.3, 0.4) is 0 Å². The molecular weight excluding hydrogens is 332 g/mol. The van der Waals surface area contributed by atoms with E-state index in [2.05, 4.69) is 10.2 Å². The Labute approximate surface area is 151 Å². The van der Waals surface area contributed by atoms with E-state index < -0.39 is 5.56 Å². The maximum Gasteiger partial charge on any atom is 0.281 e. The van der Waals surface area contributed by atoms with Gasteiger partial charge in [0.1, 0.15) is 17.4 Å². The zero-order chi connectivity index (χ0) is 18.7. The number of benzene rings is 1. The summed E-state index contributed by atoms with van der Waals surface area (Å²) < 4.78 is 6.45. The van der Waals surface area contributed by atoms with Crippen molar-refractivity contribution in [1.82, 2.24) is 4.57 Å². The summed E-state index contributed by atoms with van der Waals surface area (Å²) in [6.07, 6.45) is 3.58. The third-order valence-electron chi connectivity index (χ3n) is 4.72. The van der Waals surface area contributed by atoms with Crippen LogP contribution in [0.5, 0.6) is 11.6 Å². The van der Waals surface area contributed by atoms with Gasteiger partial charge in [-0.05, 0) is 31.9 Å². The van der Waals surface area contributed by atoms with Gasteiger partial charge in [0.2, 0.25) is 5.88 Å². The van der Waals surface area contributed by atoms with Gasteiger partial charge in [-0.1, -0.05) is 18.9 Å². The number of aromatic hydroxyl groups is 1. The number of ether oxygens (including phenoxy) is 1. The number of nitrogens with zero attached hydrogens (tertiary/aromatic N) is 4. The van der Waals surface area contributed by atoms with Gasteiger partial charge in [-0.25, -0.2) is 0 Å². The molecule has 1 aliphatic rings. The highest BCUT2D eigenvalue weighted by Gasteiger charge is 2.26. The van der Waals surface area contributed by atoms with Gasteiger partial charge in [0.25, 0.3) is 5.56 Å². The van der Waals surface area contributed by atoms with E-state index in [4.69, 9.17) is 4.74 Å². The highest BCUT2D eigenvalue weighted by molar-refractivity contribution is 5.57. The Balaban J connectivity index is 2.11. The lowest BCUT2D eigenvalue weighted by atomic mass is 10.1. The smallest absolute Gasteiger partial charge is 0.281 e. The van der Waals surface area contributed by atoms with Gasteiger partial charge in [0, 0.05) is 17.7 Å². The second-order valence-electron chi connectivity index (χ2n) is 6.30. The normalized spacial score (nSPS) is 14.7. The molecule has 1 saturated carbocycles. The summed E-state index contributed by atoms with van der Waals surface area (Å²) in [7, 11) is 1.56. The molecule has 1 aromatic carbocycles. The second kappa shape index (κ2) is 7.40. The van der Waals surface area contributed by atoms with Gasteiger partial charge in [-0.15, -0.1) is 5.11 Å². The Bertz CT molecular complexity index is 950. The van der Waals surface area contributed by atoms with Crippen LogP contribution in [0.15, 0.2) is 39.3 Å². The quantitative estimate of drug-likeness (QED) is 0.830. The molecule has 0 atom stereocenters. The topological polar surface area (TPSA) is 100.0 Å². The SMILES string of the molecule is COc1cccc(N=Nc2c(C)c(C#N)c(O)n(C3CCCC3)c2=O)c1. The van der Waals surface area contributed by atoms with Crippen molar-refractivity contribution in [3.63, 3.8) is 0 Å². The van der Waals surface area contributed by atoms with Crippen LogP contribution < -0.4 is 10.3 Å². The van der Waals surface area contributed by atoms with Crippen molar-refractivity contribution in [1.29, 1.82) is 5.26 Å². The minimum atomic E-state index is -0.419. The van der Waals surface area contributed by atoms with E-state index in [1.54, 1.807) is 38.3 Å². The predicted molar refractivity (Wildman–Crippen MR) is 96.5 cm³/mol. The summed E-state index contributed by atoms with van der Waals surface area (Å²) in [4.78, 5) is 12.9. The number of rotatable bonds is 4. The maximum absolute atomic E-state index is 12.9. The molecule has 1 fully saturated rings. The fourth-order valence-electron chi connectivity index (χ4n) is 3.31. The molecule has 2 aromatic rings. The summed E-state index contributed by atoms with van der Waals surface area (Å²) in [6.45, 7) is 1.60. The molecule has 7 nitrogen and oxygen atoms in total. The summed E-state index contributed by atoms with van der Waals surface area (Å²) >= 11 is 0. The summed E-state index contributed by atoms with van der Waals surface area (Å²) in [5.74, 6) is 0.354. The van der Waals surface area contributed by atoms with Crippen LogP contribution in [0.1, 0.15) is 42.9 Å². The maximum atomic E-state index is 12.9. The molecule has 26 heavy (non-hydrogen) atoms. The van der Waals surface area contributed by atoms with Crippen LogP contribution in [0.2, 0.25) is 0 Å². The minimum absolute atomic E-state index is 0.0658. The van der Waals surface area contributed by atoms with Gasteiger partial charge in [0.15, 0.2) is 5.69 Å². The Kier molecular flexibility index (Phi) is 5.03. The number of pyridine rings is 1. The molecule has 0 saturated heterocycles. The average Bonchev–Trinajstić information content (AvgIpc) is 3.16. The highest BCUT2D eigenvalue weighted by atomic mass is 16.5. The van der Waals surface area contributed by atoms with Crippen molar-refractivity contribution < 1.29 is 9.84 Å². The fraction of sp³-hybridized carbons (Fsp3) is 0.368. The predicted octanol–water partition coefficient (Wildman–Crippen LogP) is 4.27. The van der Waals surface area contributed by atoms with E-state index in [1.165, 1.54) is 4.57 Å². The zero-order valence-corrected chi connectivity index (χ0v) is 14.8. The molecule has 0 amide bonds. The molecule has 134 valence electrons. The molecule has 1 aliphatic carbocycles. The first-order valence-corrected chi connectivity index (χ1v) is 8.50. The van der Waals surface area contributed by atoms with E-state index in [9.17, 15) is 15.2 Å². The average molecular weight is 352 g/mol. The van der Waals surface area contributed by atoms with Crippen LogP contribution >= 0.6 is 0 Å². The van der Waals surface area contributed by atoms with Gasteiger partial charge >= 0.3 is 0 Å². The van der Waals surface area contributed by atoms with E-state index >= 15 is 0 Å². The van der Waals surface area contributed by atoms with Crippen molar-refractivity contribution in [2.45, 2.75) is 38.6 Å². The molecular formula is C19H20N4O3. The van der Waals surface area contributed by atoms with Crippen LogP contribution in [0, 0.1) is 18.3 Å². The Hall–Kier alpha value is -3.14. The third-order valence-corrected chi connectivity index (χ3v) is 4.72. The lowest BCUT2D eigenvalue weighted by Crippen LogP contribution is -2.24. The Morgan fingerprint density at radius 1 is 1.31 bits per heavy atom. The molecule has 1 aromatic heterocycles. The van der Waals surface area contributed by atoms with Crippen molar-refractivity contribution in [3.8, 4) is 17.7 Å². The highest BCUT2D eigenvalue weighted by Crippen LogP contribution is 2.35. The summed E-state index contributed by atoms with van der Waals surface area (Å²) in [5, 5.41) is 28.1. The Morgan fingerprint density at radius 2 is 2.04 bits per heavy atom. The second-order valence-corrected chi connectivity index (χ2v) is 6.30. The number of hydrogen-bond acceptors (Lipinski definition) is 6. The van der Waals surface area contributed by atoms with Crippen LogP contribution in [-0.4, -0.2) is 16.8 Å². The summed E-state index contributed by atoms with van der Waals surface area (Å²) in [6, 6.07) is 8.86. The van der Waals surface area contributed by atoms with Crippen LogP contribution in [-0.2, 0) is 0 Å². The largest absolute Gasteiger partial charge is 0.497 e. The van der Waals surface area contributed by atoms with Crippen molar-refractivity contribution in [2.24, 2.45) is 10.2 Å². The van der Waals surface area contributed by atoms with E-state index in [0.29, 0.717) is 17.0 Å². The number of nitriles is 1. The first kappa shape index (κ1) is 17.7. The van der Waals surface area contributed by atoms with Gasteiger partial charge < -0.3 is 9.84 Å². The monoisotopic (exact) mass is 352 g/mol. The molecule has 7 heteroatoms. The van der Waals surface area contributed by atoms with Crippen molar-refractivity contribution >= 4 is 11.4 Å². The lowest BCUT2D eigenvalue weighted by Gasteiger charge is -2.18. The van der Waals surface area contributed by atoms with Gasteiger partial charge in [-0.3, -0.25) is 9.36 Å². The molecule has 1 N–H and O–H groups in total. The first-order chi connectivity index (χ1) is 12.6. The van der Waals surface area contributed by atoms with Crippen LogP contribution in [0.4, 0.5) is 11.4 Å². The number of aromatic nitrogens is 1. The molecule has 0 radical (unpaired) electrons. The first-order valence-electron chi connectivity index (χ1n) is 8.50. The summed E-state index contributed by atoms with van der Waals surface area (Å²) in [5.41, 5.74) is 0.584. The minimum Gasteiger partial charge on any atom is -0.497 e. The fourth-order valence-corrected chi connectivity index (χ4v) is 3.31. The molecule has 3 rings (SSSR count). The molecule has 0 aliphatic heterocycles. The van der Waals surface area contributed by atoms with E-state index in [-0.39, 0.29) is 23.2 Å². The van der Waals surface area contributed by atoms with E-state index in [1.807, 2.05) is 6.07 Å². The van der Waals surface area contributed by atoms with E-state index in [0.717, 1.165) is 25.7 Å². The van der Waals surface area contributed by atoms with Crippen molar-refractivity contribution in [2.75, 3.05) is 7.11 Å². The Morgan fingerprint density at radius 3 is 2.69 bits per heavy atom. The third kappa shape index (κ3) is 3.18. The number of azo groups is 1. The molecule has 0 spiro atoms. The zero-order valence-electron chi connectivity index (χ0n) is 14.8. The van der Waals surface area contributed by atoms with Crippen molar-refractivity contribution in [3.05, 3.63) is 45.7 Å². The van der Waals surface area contributed by atoms with Crippen LogP contribution in [0.25, 0.3) is 0 Å². The number of hydrogen-bond donors (Lipinski definition) is 1. The van der Waals surface area contributed by atoms with Gasteiger partial charge in [0.05, 0.1) is 12.8 Å². The van der Waals surface area contributed by atoms with Gasteiger partial charge in [-0.2, -0.15) is 10.4 Å². The standard InChI is InChI=1S/C19H20N4O3/c1-12-16(11-20)18(24)23(14-7-3-4-8-14)19(25)17(12)22-21-13-6-5-9-15(10-13)26-2/h5-6,9-10,14,24H,3-4,7-8H2,1-2H3. The molecule has 0 bridgehead atoms. The number of methoxy groups -OCH3 is 1. The molecule has 0 unspecified atom stereocenters. The molecule has 1 heterocycles. The lowest BCUT2D eigenvalue weighted by molar-refractivity contribution is 0.368.